The SMILES string of the molecule is C=Cc1c(C)c2cc3nc(c(CC(=O)NCCNCCCC)c4[nH]c(cc5nc(cc1[nH]2)C(C)=C5CC)c(C)c4C(=O)O)C(CCC(=O)NCCNCCCC)C3C. The number of H-pyrrole nitrogens is 2. The molecule has 2 amide bonds. The number of allylic oxidation sites excluding steroid dienone is 2. The van der Waals surface area contributed by atoms with E-state index >= 15 is 0 Å². The summed E-state index contributed by atoms with van der Waals surface area (Å²) in [5.41, 5.74) is 10.9. The summed E-state index contributed by atoms with van der Waals surface area (Å²) < 4.78 is 0. The number of aromatic carboxylic acids is 1. The summed E-state index contributed by atoms with van der Waals surface area (Å²) in [5, 5.41) is 23.6. The number of rotatable bonds is 20. The average molecular weight is 793 g/mol. The van der Waals surface area contributed by atoms with Gasteiger partial charge in [-0.15, -0.1) is 0 Å². The van der Waals surface area contributed by atoms with Gasteiger partial charge in [0.15, 0.2) is 0 Å². The van der Waals surface area contributed by atoms with Crippen LogP contribution in [-0.4, -0.2) is 82.1 Å². The summed E-state index contributed by atoms with van der Waals surface area (Å²) in [7, 11) is 0. The molecule has 2 unspecified atom stereocenters. The lowest BCUT2D eigenvalue weighted by Crippen LogP contribution is -2.33. The van der Waals surface area contributed by atoms with Gasteiger partial charge in [0.2, 0.25) is 11.8 Å². The van der Waals surface area contributed by atoms with Crippen LogP contribution in [0.25, 0.3) is 39.3 Å². The van der Waals surface area contributed by atoms with E-state index in [1.807, 2.05) is 18.2 Å². The van der Waals surface area contributed by atoms with Crippen LogP contribution in [0, 0.1) is 13.8 Å². The molecule has 0 radical (unpaired) electrons. The molecule has 0 saturated carbocycles. The molecule has 2 atom stereocenters. The highest BCUT2D eigenvalue weighted by Gasteiger charge is 2.33. The van der Waals surface area contributed by atoms with Crippen molar-refractivity contribution in [2.45, 2.75) is 112 Å². The Balaban J connectivity index is 1.74. The number of carbonyl (C=O) groups excluding carboxylic acids is 2. The fraction of sp³-hybridized carbons (Fsp3) is 0.500. The first-order valence-electron chi connectivity index (χ1n) is 21.2. The second kappa shape index (κ2) is 20.6. The lowest BCUT2D eigenvalue weighted by molar-refractivity contribution is -0.121. The molecule has 2 aliphatic rings. The van der Waals surface area contributed by atoms with Crippen LogP contribution < -0.4 is 21.3 Å². The summed E-state index contributed by atoms with van der Waals surface area (Å²) in [4.78, 5) is 57.8. The number of hydrogen-bond acceptors (Lipinski definition) is 7. The Kier molecular flexibility index (Phi) is 15.6. The standard InChI is InChI=1S/C46H64N8O4/c1-9-13-17-47-19-21-49-41(55)16-15-33-29(7)37-24-35-27(5)31(11-3)39(51-35)25-36-28(6)32(12-4)40(52-36)26-38-30(8)43(46(57)58)45(54-38)34(44(33)53-37)23-42(56)50-22-20-48-18-14-10-2/h11,24-26,29,33,47-48,51,54H,3,9-10,12-23H2,1-2,4-8H3,(H,49,55)(H,50,56)(H,57,58). The molecule has 3 aromatic heterocycles. The summed E-state index contributed by atoms with van der Waals surface area (Å²) in [6, 6.07) is 6.02. The number of hydrogen-bond donors (Lipinski definition) is 7. The van der Waals surface area contributed by atoms with E-state index in [4.69, 9.17) is 9.97 Å². The molecule has 5 heterocycles. The van der Waals surface area contributed by atoms with Crippen molar-refractivity contribution in [3.8, 4) is 0 Å². The molecule has 0 fully saturated rings. The number of aromatic nitrogens is 4. The molecule has 12 heteroatoms. The Hall–Kier alpha value is -5.07. The van der Waals surface area contributed by atoms with Crippen molar-refractivity contribution >= 4 is 57.1 Å². The third kappa shape index (κ3) is 10.1. The van der Waals surface area contributed by atoms with Crippen molar-refractivity contribution in [2.75, 3.05) is 39.3 Å². The number of amides is 2. The molecule has 5 rings (SSSR count). The van der Waals surface area contributed by atoms with Crippen LogP contribution in [0.15, 0.2) is 24.8 Å². The minimum atomic E-state index is -1.10. The number of aryl methyl sites for hydroxylation is 2. The summed E-state index contributed by atoms with van der Waals surface area (Å²) >= 11 is 0. The van der Waals surface area contributed by atoms with Crippen molar-refractivity contribution in [3.05, 3.63) is 75.4 Å². The van der Waals surface area contributed by atoms with Gasteiger partial charge in [-0.25, -0.2) is 9.78 Å². The molecule has 0 aliphatic carbocycles. The molecular formula is C46H64N8O4. The average Bonchev–Trinajstić information content (AvgIpc) is 3.88. The Labute approximate surface area is 343 Å². The fourth-order valence-corrected chi connectivity index (χ4v) is 8.13. The first kappa shape index (κ1) is 44.0. The third-order valence-electron chi connectivity index (χ3n) is 11.6. The van der Waals surface area contributed by atoms with Gasteiger partial charge >= 0.3 is 5.97 Å². The largest absolute Gasteiger partial charge is 0.478 e. The lowest BCUT2D eigenvalue weighted by atomic mass is 9.84. The van der Waals surface area contributed by atoms with Gasteiger partial charge in [-0.3, -0.25) is 14.6 Å². The van der Waals surface area contributed by atoms with Crippen molar-refractivity contribution in [1.82, 2.24) is 41.2 Å². The highest BCUT2D eigenvalue weighted by atomic mass is 16.4. The van der Waals surface area contributed by atoms with Gasteiger partial charge in [0.05, 0.1) is 34.6 Å². The number of carboxylic acids is 1. The smallest absolute Gasteiger partial charge is 0.338 e. The lowest BCUT2D eigenvalue weighted by Gasteiger charge is -2.18. The van der Waals surface area contributed by atoms with Crippen molar-refractivity contribution in [2.24, 2.45) is 0 Å². The molecule has 7 N–H and O–H groups in total. The molecule has 0 aromatic carbocycles. The van der Waals surface area contributed by atoms with E-state index in [-0.39, 0.29) is 42.1 Å². The minimum absolute atomic E-state index is 0.0622. The van der Waals surface area contributed by atoms with Gasteiger partial charge in [-0.05, 0) is 100 Å². The van der Waals surface area contributed by atoms with Crippen LogP contribution >= 0.6 is 0 Å². The summed E-state index contributed by atoms with van der Waals surface area (Å²) in [5.74, 6) is -1.83. The molecule has 3 aromatic rings. The van der Waals surface area contributed by atoms with Crippen LogP contribution in [0.3, 0.4) is 0 Å². The number of unbranched alkanes of at least 4 members (excludes halogenated alkanes) is 2. The number of fused-ring (bicyclic) bond motifs is 8. The van der Waals surface area contributed by atoms with Crippen molar-refractivity contribution < 1.29 is 19.5 Å². The quantitative estimate of drug-likeness (QED) is 0.0566. The fourth-order valence-electron chi connectivity index (χ4n) is 8.13. The van der Waals surface area contributed by atoms with Crippen molar-refractivity contribution in [1.29, 1.82) is 0 Å². The van der Waals surface area contributed by atoms with Gasteiger partial charge in [0.25, 0.3) is 0 Å². The van der Waals surface area contributed by atoms with Gasteiger partial charge in [0.1, 0.15) is 0 Å². The molecule has 2 aliphatic heterocycles. The number of aromatic amines is 2. The van der Waals surface area contributed by atoms with E-state index in [0.717, 1.165) is 95.6 Å². The van der Waals surface area contributed by atoms with E-state index < -0.39 is 5.97 Å². The highest BCUT2D eigenvalue weighted by molar-refractivity contribution is 6.03. The first-order valence-corrected chi connectivity index (χ1v) is 21.2. The third-order valence-corrected chi connectivity index (χ3v) is 11.6. The Morgan fingerprint density at radius 2 is 1.45 bits per heavy atom. The molecular weight excluding hydrogens is 729 g/mol. The predicted molar refractivity (Wildman–Crippen MR) is 236 cm³/mol. The van der Waals surface area contributed by atoms with E-state index in [9.17, 15) is 19.5 Å². The zero-order valence-corrected chi connectivity index (χ0v) is 35.6. The van der Waals surface area contributed by atoms with E-state index in [2.05, 4.69) is 85.4 Å². The Morgan fingerprint density at radius 3 is 2.07 bits per heavy atom. The van der Waals surface area contributed by atoms with Crippen LogP contribution in [0.5, 0.6) is 0 Å². The van der Waals surface area contributed by atoms with E-state index in [1.54, 1.807) is 6.92 Å². The molecule has 58 heavy (non-hydrogen) atoms. The van der Waals surface area contributed by atoms with E-state index in [1.165, 1.54) is 0 Å². The van der Waals surface area contributed by atoms with Gasteiger partial charge in [0, 0.05) is 77.8 Å². The Bertz CT molecular complexity index is 2200. The van der Waals surface area contributed by atoms with Crippen molar-refractivity contribution in [3.63, 3.8) is 0 Å². The van der Waals surface area contributed by atoms with E-state index in [0.29, 0.717) is 60.5 Å². The van der Waals surface area contributed by atoms with Crippen LogP contribution in [-0.2, 0) is 16.0 Å². The highest BCUT2D eigenvalue weighted by Crippen LogP contribution is 2.43. The maximum Gasteiger partial charge on any atom is 0.338 e. The predicted octanol–water partition coefficient (Wildman–Crippen LogP) is 7.84. The number of nitrogens with zero attached hydrogens (tertiary/aromatic N) is 2. The minimum Gasteiger partial charge on any atom is -0.478 e. The topological polar surface area (TPSA) is 177 Å². The first-order chi connectivity index (χ1) is 27.9. The maximum atomic E-state index is 13.9. The molecule has 12 nitrogen and oxygen atoms in total. The van der Waals surface area contributed by atoms with Gasteiger partial charge < -0.3 is 36.3 Å². The van der Waals surface area contributed by atoms with Crippen LogP contribution in [0.1, 0.15) is 147 Å². The molecule has 0 saturated heterocycles. The van der Waals surface area contributed by atoms with Crippen LogP contribution in [0.4, 0.5) is 0 Å². The van der Waals surface area contributed by atoms with Crippen LogP contribution in [0.2, 0.25) is 0 Å². The normalized spacial score (nSPS) is 15.2. The number of nitrogens with one attached hydrogen (secondary N) is 6. The Morgan fingerprint density at radius 1 is 0.810 bits per heavy atom. The van der Waals surface area contributed by atoms with Gasteiger partial charge in [-0.1, -0.05) is 53.2 Å². The second-order valence-corrected chi connectivity index (χ2v) is 15.6. The molecule has 312 valence electrons. The number of carboxylic acid groups (broad SMARTS) is 1. The maximum absolute atomic E-state index is 13.9. The molecule has 8 bridgehead atoms. The molecule has 0 spiro atoms. The summed E-state index contributed by atoms with van der Waals surface area (Å²) in [6.45, 7) is 22.6. The zero-order valence-electron chi connectivity index (χ0n) is 35.6. The van der Waals surface area contributed by atoms with Gasteiger partial charge in [-0.2, -0.15) is 0 Å². The zero-order chi connectivity index (χ0) is 41.9. The second-order valence-electron chi connectivity index (χ2n) is 15.6. The summed E-state index contributed by atoms with van der Waals surface area (Å²) in [6.07, 6.45) is 7.52. The monoisotopic (exact) mass is 793 g/mol. The number of carbonyl (C=O) groups is 3.